The molecule has 0 aromatic heterocycles. The molecular weight excluding hydrogens is 312 g/mol. The van der Waals surface area contributed by atoms with Gasteiger partial charge in [-0.25, -0.2) is 5.26 Å². The van der Waals surface area contributed by atoms with Crippen LogP contribution in [0.2, 0.25) is 0 Å². The minimum absolute atomic E-state index is 0.0419. The zero-order valence-corrected chi connectivity index (χ0v) is 14.7. The Bertz CT molecular complexity index is 294. The molecule has 0 amide bonds. The second-order valence-electron chi connectivity index (χ2n) is 5.69. The zero-order valence-electron chi connectivity index (χ0n) is 13.9. The van der Waals surface area contributed by atoms with Gasteiger partial charge in [-0.05, 0) is 11.8 Å². The Hall–Kier alpha value is 0.0700. The first kappa shape index (κ1) is 20.1. The van der Waals surface area contributed by atoms with Crippen LogP contribution >= 0.6 is 12.0 Å². The van der Waals surface area contributed by atoms with E-state index in [0.29, 0.717) is 30.8 Å². The number of hydrogen-bond donors (Lipinski definition) is 1. The molecule has 1 aliphatic rings. The Morgan fingerprint density at radius 2 is 1.82 bits per heavy atom. The van der Waals surface area contributed by atoms with Crippen LogP contribution < -0.4 is 0 Å². The maximum atomic E-state index is 8.20. The molecule has 0 spiro atoms. The molecule has 1 fully saturated rings. The van der Waals surface area contributed by atoms with Gasteiger partial charge in [-0.2, -0.15) is 0 Å². The second kappa shape index (κ2) is 10.8. The topological polar surface area (TPSA) is 75.6 Å². The molecule has 1 heterocycles. The molecule has 0 aromatic rings. The highest BCUT2D eigenvalue weighted by atomic mass is 32.2. The molecule has 6 atom stereocenters. The highest BCUT2D eigenvalue weighted by molar-refractivity contribution is 7.94. The Labute approximate surface area is 136 Å². The summed E-state index contributed by atoms with van der Waals surface area (Å²) in [6, 6.07) is 0. The number of hydrogen-bond acceptors (Lipinski definition) is 8. The highest BCUT2D eigenvalue weighted by Gasteiger charge is 2.39. The molecule has 22 heavy (non-hydrogen) atoms. The first-order chi connectivity index (χ1) is 10.5. The highest BCUT2D eigenvalue weighted by Crippen LogP contribution is 2.36. The molecule has 7 nitrogen and oxygen atoms in total. The van der Waals surface area contributed by atoms with Crippen molar-refractivity contribution in [3.8, 4) is 0 Å². The Balaban J connectivity index is 2.53. The SMILES string of the molecule is COCC(COC1OC(CSOOO)C(C)C(C)C1C)OC. The van der Waals surface area contributed by atoms with Gasteiger partial charge in [0.1, 0.15) is 6.10 Å². The van der Waals surface area contributed by atoms with Crippen LogP contribution in [0.4, 0.5) is 0 Å². The number of methoxy groups -OCH3 is 2. The summed E-state index contributed by atoms with van der Waals surface area (Å²) >= 11 is 1.01. The third-order valence-corrected chi connectivity index (χ3v) is 5.05. The summed E-state index contributed by atoms with van der Waals surface area (Å²) in [6.45, 7) is 7.35. The minimum Gasteiger partial charge on any atom is -0.382 e. The molecule has 132 valence electrons. The smallest absolute Gasteiger partial charge is 0.160 e. The van der Waals surface area contributed by atoms with Crippen molar-refractivity contribution in [2.24, 2.45) is 17.8 Å². The van der Waals surface area contributed by atoms with E-state index in [1.165, 1.54) is 0 Å². The van der Waals surface area contributed by atoms with Crippen molar-refractivity contribution in [1.29, 1.82) is 0 Å². The van der Waals surface area contributed by atoms with Gasteiger partial charge < -0.3 is 18.9 Å². The normalized spacial score (nSPS) is 33.8. The summed E-state index contributed by atoms with van der Waals surface area (Å²) in [6.07, 6.45) is -0.462. The fourth-order valence-corrected chi connectivity index (χ4v) is 3.17. The zero-order chi connectivity index (χ0) is 16.5. The molecule has 0 bridgehead atoms. The van der Waals surface area contributed by atoms with Crippen LogP contribution in [-0.4, -0.2) is 56.9 Å². The van der Waals surface area contributed by atoms with Crippen molar-refractivity contribution < 1.29 is 33.6 Å². The molecule has 0 aromatic carbocycles. The standard InChI is InChI=1S/C14H28O7S/c1-9-10(2)13(8-22-21-20-15)19-14(11(9)3)18-7-12(17-5)6-16-4/h9-15H,6-8H2,1-5H3. The largest absolute Gasteiger partial charge is 0.382 e. The molecular formula is C14H28O7S. The van der Waals surface area contributed by atoms with Crippen LogP contribution in [0, 0.1) is 17.8 Å². The molecule has 0 radical (unpaired) electrons. The van der Waals surface area contributed by atoms with E-state index in [2.05, 4.69) is 30.1 Å². The lowest BCUT2D eigenvalue weighted by Crippen LogP contribution is -2.47. The molecule has 0 aliphatic carbocycles. The summed E-state index contributed by atoms with van der Waals surface area (Å²) in [5.41, 5.74) is 0. The van der Waals surface area contributed by atoms with E-state index in [1.54, 1.807) is 14.2 Å². The second-order valence-corrected chi connectivity index (χ2v) is 6.40. The van der Waals surface area contributed by atoms with E-state index >= 15 is 0 Å². The summed E-state index contributed by atoms with van der Waals surface area (Å²) in [4.78, 5) is 0. The van der Waals surface area contributed by atoms with Crippen LogP contribution in [0.25, 0.3) is 0 Å². The van der Waals surface area contributed by atoms with Crippen LogP contribution in [0.1, 0.15) is 20.8 Å². The maximum absolute atomic E-state index is 8.20. The molecule has 1 rings (SSSR count). The third kappa shape index (κ3) is 5.93. The maximum Gasteiger partial charge on any atom is 0.160 e. The van der Waals surface area contributed by atoms with Gasteiger partial charge in [0.05, 0.1) is 19.3 Å². The Kier molecular flexibility index (Phi) is 9.85. The van der Waals surface area contributed by atoms with Crippen LogP contribution in [0.3, 0.4) is 0 Å². The van der Waals surface area contributed by atoms with Gasteiger partial charge in [-0.15, -0.1) is 4.33 Å². The lowest BCUT2D eigenvalue weighted by Gasteiger charge is -2.43. The van der Waals surface area contributed by atoms with Gasteiger partial charge >= 0.3 is 0 Å². The third-order valence-electron chi connectivity index (χ3n) is 4.43. The van der Waals surface area contributed by atoms with Gasteiger partial charge in [0.15, 0.2) is 6.29 Å². The fraction of sp³-hybridized carbons (Fsp3) is 1.00. The Morgan fingerprint density at radius 1 is 1.09 bits per heavy atom. The van der Waals surface area contributed by atoms with Crippen molar-refractivity contribution in [3.63, 3.8) is 0 Å². The van der Waals surface area contributed by atoms with Gasteiger partial charge in [0.25, 0.3) is 0 Å². The average molecular weight is 340 g/mol. The van der Waals surface area contributed by atoms with Gasteiger partial charge in [-0.1, -0.05) is 25.8 Å². The monoisotopic (exact) mass is 340 g/mol. The first-order valence-electron chi connectivity index (χ1n) is 7.43. The van der Waals surface area contributed by atoms with E-state index in [0.717, 1.165) is 12.0 Å². The predicted octanol–water partition coefficient (Wildman–Crippen LogP) is 2.37. The van der Waals surface area contributed by atoms with E-state index in [9.17, 15) is 0 Å². The van der Waals surface area contributed by atoms with Gasteiger partial charge in [-0.3, -0.25) is 0 Å². The van der Waals surface area contributed by atoms with Crippen molar-refractivity contribution >= 4 is 12.0 Å². The molecule has 0 saturated carbocycles. The molecule has 1 aliphatic heterocycles. The van der Waals surface area contributed by atoms with E-state index < -0.39 is 0 Å². The average Bonchev–Trinajstić information content (AvgIpc) is 2.52. The number of ether oxygens (including phenoxy) is 4. The van der Waals surface area contributed by atoms with Crippen molar-refractivity contribution in [3.05, 3.63) is 0 Å². The quantitative estimate of drug-likeness (QED) is 0.281. The van der Waals surface area contributed by atoms with Gasteiger partial charge in [0.2, 0.25) is 0 Å². The molecule has 6 unspecified atom stereocenters. The molecule has 1 N–H and O–H groups in total. The van der Waals surface area contributed by atoms with Crippen molar-refractivity contribution in [2.45, 2.75) is 39.3 Å². The van der Waals surface area contributed by atoms with Crippen LogP contribution in [-0.2, 0) is 28.3 Å². The predicted molar refractivity (Wildman–Crippen MR) is 82.0 cm³/mol. The Morgan fingerprint density at radius 3 is 2.41 bits per heavy atom. The molecule has 1 saturated heterocycles. The summed E-state index contributed by atoms with van der Waals surface area (Å²) in [5.74, 6) is 1.60. The summed E-state index contributed by atoms with van der Waals surface area (Å²) in [7, 11) is 3.26. The first-order valence-corrected chi connectivity index (χ1v) is 8.34. The van der Waals surface area contributed by atoms with Gasteiger partial charge in [0, 0.05) is 37.9 Å². The van der Waals surface area contributed by atoms with E-state index in [4.69, 9.17) is 24.2 Å². The summed E-state index contributed by atoms with van der Waals surface area (Å²) < 4.78 is 26.8. The molecule has 8 heteroatoms. The summed E-state index contributed by atoms with van der Waals surface area (Å²) in [5, 5.41) is 11.8. The van der Waals surface area contributed by atoms with Crippen molar-refractivity contribution in [1.82, 2.24) is 0 Å². The van der Waals surface area contributed by atoms with E-state index in [-0.39, 0.29) is 24.4 Å². The lowest BCUT2D eigenvalue weighted by atomic mass is 9.79. The van der Waals surface area contributed by atoms with Crippen LogP contribution in [0.15, 0.2) is 0 Å². The fourth-order valence-electron chi connectivity index (χ4n) is 2.56. The van der Waals surface area contributed by atoms with Crippen molar-refractivity contribution in [2.75, 3.05) is 33.2 Å². The lowest BCUT2D eigenvalue weighted by molar-refractivity contribution is -0.432. The minimum atomic E-state index is -0.304. The van der Waals surface area contributed by atoms with E-state index in [1.807, 2.05) is 0 Å². The van der Waals surface area contributed by atoms with Crippen LogP contribution in [0.5, 0.6) is 0 Å². The number of rotatable bonds is 10.